The number of carbonyl (C=O) groups is 2. The SMILES string of the molecule is COc1ccc(CC(=O)NCC(=O)NCCC(C)C)cc1. The van der Waals surface area contributed by atoms with E-state index in [1.807, 2.05) is 12.1 Å². The standard InChI is InChI=1S/C16H24N2O3/c1-12(2)8-9-17-16(20)11-18-15(19)10-13-4-6-14(21-3)7-5-13/h4-7,12H,8-11H2,1-3H3,(H,17,20)(H,18,19). The van der Waals surface area contributed by atoms with Crippen molar-refractivity contribution in [2.75, 3.05) is 20.2 Å². The number of methoxy groups -OCH3 is 1. The third-order valence-electron chi connectivity index (χ3n) is 3.01. The molecule has 0 aliphatic heterocycles. The molecule has 0 heterocycles. The summed E-state index contributed by atoms with van der Waals surface area (Å²) in [6.07, 6.45) is 1.19. The van der Waals surface area contributed by atoms with Gasteiger partial charge in [-0.25, -0.2) is 0 Å². The fourth-order valence-corrected chi connectivity index (χ4v) is 1.73. The smallest absolute Gasteiger partial charge is 0.239 e. The number of amides is 2. The van der Waals surface area contributed by atoms with Gasteiger partial charge in [0.2, 0.25) is 11.8 Å². The summed E-state index contributed by atoms with van der Waals surface area (Å²) in [7, 11) is 1.60. The van der Waals surface area contributed by atoms with Crippen molar-refractivity contribution < 1.29 is 14.3 Å². The van der Waals surface area contributed by atoms with Gasteiger partial charge in [-0.2, -0.15) is 0 Å². The average molecular weight is 292 g/mol. The van der Waals surface area contributed by atoms with Crippen molar-refractivity contribution >= 4 is 11.8 Å². The number of carbonyl (C=O) groups excluding carboxylic acids is 2. The fraction of sp³-hybridized carbons (Fsp3) is 0.500. The molecular formula is C16H24N2O3. The van der Waals surface area contributed by atoms with Crippen molar-refractivity contribution in [1.29, 1.82) is 0 Å². The molecule has 21 heavy (non-hydrogen) atoms. The van der Waals surface area contributed by atoms with E-state index in [1.54, 1.807) is 19.2 Å². The van der Waals surface area contributed by atoms with E-state index in [0.717, 1.165) is 17.7 Å². The first-order valence-corrected chi connectivity index (χ1v) is 7.17. The lowest BCUT2D eigenvalue weighted by Gasteiger charge is -2.08. The van der Waals surface area contributed by atoms with E-state index < -0.39 is 0 Å². The summed E-state index contributed by atoms with van der Waals surface area (Å²) < 4.78 is 5.05. The lowest BCUT2D eigenvalue weighted by atomic mass is 10.1. The Labute approximate surface area is 126 Å². The van der Waals surface area contributed by atoms with Crippen LogP contribution in [0.2, 0.25) is 0 Å². The van der Waals surface area contributed by atoms with Crippen LogP contribution in [0.4, 0.5) is 0 Å². The third-order valence-corrected chi connectivity index (χ3v) is 3.01. The number of ether oxygens (including phenoxy) is 1. The molecule has 0 radical (unpaired) electrons. The Morgan fingerprint density at radius 3 is 2.33 bits per heavy atom. The molecule has 2 N–H and O–H groups in total. The molecule has 116 valence electrons. The summed E-state index contributed by atoms with van der Waals surface area (Å²) >= 11 is 0. The predicted molar refractivity (Wildman–Crippen MR) is 82.2 cm³/mol. The van der Waals surface area contributed by atoms with Crippen molar-refractivity contribution in [3.05, 3.63) is 29.8 Å². The summed E-state index contributed by atoms with van der Waals surface area (Å²) in [5, 5.41) is 5.39. The van der Waals surface area contributed by atoms with Crippen LogP contribution in [0.3, 0.4) is 0 Å². The Morgan fingerprint density at radius 1 is 1.10 bits per heavy atom. The van der Waals surface area contributed by atoms with E-state index in [9.17, 15) is 9.59 Å². The van der Waals surface area contributed by atoms with E-state index in [0.29, 0.717) is 12.5 Å². The van der Waals surface area contributed by atoms with E-state index in [1.165, 1.54) is 0 Å². The van der Waals surface area contributed by atoms with Crippen molar-refractivity contribution in [3.63, 3.8) is 0 Å². The van der Waals surface area contributed by atoms with Gasteiger partial charge in [0, 0.05) is 6.54 Å². The molecule has 0 aliphatic carbocycles. The topological polar surface area (TPSA) is 67.4 Å². The second-order valence-electron chi connectivity index (χ2n) is 5.33. The van der Waals surface area contributed by atoms with Crippen molar-refractivity contribution in [2.45, 2.75) is 26.7 Å². The Morgan fingerprint density at radius 2 is 1.76 bits per heavy atom. The van der Waals surface area contributed by atoms with E-state index in [4.69, 9.17) is 4.74 Å². The molecule has 0 fully saturated rings. The van der Waals surface area contributed by atoms with Gasteiger partial charge in [-0.05, 0) is 30.0 Å². The van der Waals surface area contributed by atoms with Gasteiger partial charge in [-0.1, -0.05) is 26.0 Å². The van der Waals surface area contributed by atoms with Crippen LogP contribution in [-0.2, 0) is 16.0 Å². The van der Waals surface area contributed by atoms with Gasteiger partial charge in [0.1, 0.15) is 5.75 Å². The van der Waals surface area contributed by atoms with Gasteiger partial charge in [0.15, 0.2) is 0 Å². The van der Waals surface area contributed by atoms with Crippen LogP contribution < -0.4 is 15.4 Å². The maximum atomic E-state index is 11.7. The Balaban J connectivity index is 2.25. The zero-order chi connectivity index (χ0) is 15.7. The fourth-order valence-electron chi connectivity index (χ4n) is 1.73. The molecule has 0 bridgehead atoms. The second-order valence-corrected chi connectivity index (χ2v) is 5.33. The molecule has 5 nitrogen and oxygen atoms in total. The molecule has 0 unspecified atom stereocenters. The molecule has 0 saturated carbocycles. The van der Waals surface area contributed by atoms with E-state index in [2.05, 4.69) is 24.5 Å². The minimum absolute atomic E-state index is 0.0209. The Hall–Kier alpha value is -2.04. The highest BCUT2D eigenvalue weighted by Crippen LogP contribution is 2.11. The molecule has 1 rings (SSSR count). The van der Waals surface area contributed by atoms with Crippen LogP contribution in [0.25, 0.3) is 0 Å². The summed E-state index contributed by atoms with van der Waals surface area (Å²) in [4.78, 5) is 23.3. The first kappa shape index (κ1) is 17.0. The number of benzene rings is 1. The van der Waals surface area contributed by atoms with E-state index in [-0.39, 0.29) is 24.8 Å². The third kappa shape index (κ3) is 7.34. The molecule has 0 saturated heterocycles. The lowest BCUT2D eigenvalue weighted by molar-refractivity contribution is -0.125. The molecule has 1 aromatic rings. The molecular weight excluding hydrogens is 268 g/mol. The number of hydrogen-bond donors (Lipinski definition) is 2. The first-order valence-electron chi connectivity index (χ1n) is 7.17. The van der Waals surface area contributed by atoms with Crippen molar-refractivity contribution in [1.82, 2.24) is 10.6 Å². The number of rotatable bonds is 8. The molecule has 0 atom stereocenters. The summed E-state index contributed by atoms with van der Waals surface area (Å²) in [5.74, 6) is 0.983. The zero-order valence-corrected chi connectivity index (χ0v) is 12.9. The van der Waals surface area contributed by atoms with Gasteiger partial charge < -0.3 is 15.4 Å². The van der Waals surface area contributed by atoms with Gasteiger partial charge >= 0.3 is 0 Å². The van der Waals surface area contributed by atoms with Gasteiger partial charge in [0.05, 0.1) is 20.1 Å². The lowest BCUT2D eigenvalue weighted by Crippen LogP contribution is -2.38. The highest BCUT2D eigenvalue weighted by atomic mass is 16.5. The maximum Gasteiger partial charge on any atom is 0.239 e. The van der Waals surface area contributed by atoms with Crippen LogP contribution in [0.15, 0.2) is 24.3 Å². The van der Waals surface area contributed by atoms with E-state index >= 15 is 0 Å². The van der Waals surface area contributed by atoms with Crippen LogP contribution >= 0.6 is 0 Å². The largest absolute Gasteiger partial charge is 0.497 e. The number of hydrogen-bond acceptors (Lipinski definition) is 3. The van der Waals surface area contributed by atoms with Crippen LogP contribution in [0, 0.1) is 5.92 Å². The highest BCUT2D eigenvalue weighted by Gasteiger charge is 2.06. The van der Waals surface area contributed by atoms with Gasteiger partial charge in [-0.3, -0.25) is 9.59 Å². The molecule has 0 spiro atoms. The minimum Gasteiger partial charge on any atom is -0.497 e. The van der Waals surface area contributed by atoms with Crippen LogP contribution in [-0.4, -0.2) is 32.0 Å². The van der Waals surface area contributed by atoms with Gasteiger partial charge in [0.25, 0.3) is 0 Å². The molecule has 1 aromatic carbocycles. The normalized spacial score (nSPS) is 10.3. The predicted octanol–water partition coefficient (Wildman–Crippen LogP) is 1.52. The minimum atomic E-state index is -0.167. The average Bonchev–Trinajstić information content (AvgIpc) is 2.45. The molecule has 5 heteroatoms. The quantitative estimate of drug-likeness (QED) is 0.763. The molecule has 0 aliphatic rings. The summed E-state index contributed by atoms with van der Waals surface area (Å²) in [6, 6.07) is 7.28. The Kier molecular flexibility index (Phi) is 7.29. The molecule has 0 aromatic heterocycles. The van der Waals surface area contributed by atoms with Crippen LogP contribution in [0.1, 0.15) is 25.8 Å². The summed E-state index contributed by atoms with van der Waals surface area (Å²) in [6.45, 7) is 4.86. The Bertz CT molecular complexity index is 455. The second kappa shape index (κ2) is 9.00. The zero-order valence-electron chi connectivity index (χ0n) is 12.9. The number of nitrogens with one attached hydrogen (secondary N) is 2. The van der Waals surface area contributed by atoms with Crippen molar-refractivity contribution in [2.24, 2.45) is 5.92 Å². The van der Waals surface area contributed by atoms with Gasteiger partial charge in [-0.15, -0.1) is 0 Å². The maximum absolute atomic E-state index is 11.7. The highest BCUT2D eigenvalue weighted by molar-refractivity contribution is 5.85. The molecule has 2 amide bonds. The van der Waals surface area contributed by atoms with Crippen LogP contribution in [0.5, 0.6) is 5.75 Å². The first-order chi connectivity index (χ1) is 10.0. The van der Waals surface area contributed by atoms with Crippen molar-refractivity contribution in [3.8, 4) is 5.75 Å². The monoisotopic (exact) mass is 292 g/mol. The summed E-state index contributed by atoms with van der Waals surface area (Å²) in [5.41, 5.74) is 0.883.